The number of hydrogen-bond donors (Lipinski definition) is 0. The summed E-state index contributed by atoms with van der Waals surface area (Å²) in [4.78, 5) is 5.16. The Hall–Kier alpha value is -2.00. The van der Waals surface area contributed by atoms with E-state index in [4.69, 9.17) is 21.2 Å². The summed E-state index contributed by atoms with van der Waals surface area (Å²) in [6.07, 6.45) is 2.80. The molecule has 0 aliphatic heterocycles. The number of ether oxygens (including phenoxy) is 1. The van der Waals surface area contributed by atoms with Gasteiger partial charge in [-0.25, -0.2) is 0 Å². The summed E-state index contributed by atoms with van der Waals surface area (Å²) in [6.45, 7) is 0.389. The molecule has 4 heteroatoms. The van der Waals surface area contributed by atoms with Crippen molar-refractivity contribution in [2.45, 2.75) is 6.61 Å². The first kappa shape index (κ1) is 13.4. The van der Waals surface area contributed by atoms with Gasteiger partial charge < -0.3 is 9.57 Å². The van der Waals surface area contributed by atoms with Gasteiger partial charge in [0.15, 0.2) is 0 Å². The van der Waals surface area contributed by atoms with Gasteiger partial charge in [-0.1, -0.05) is 28.9 Å². The summed E-state index contributed by atoms with van der Waals surface area (Å²) in [5.41, 5.74) is 1.83. The lowest BCUT2D eigenvalue weighted by Crippen LogP contribution is -1.88. The summed E-state index contributed by atoms with van der Waals surface area (Å²) >= 11 is 5.79. The minimum absolute atomic E-state index is 0.389. The highest BCUT2D eigenvalue weighted by Gasteiger charge is 1.94. The van der Waals surface area contributed by atoms with Gasteiger partial charge in [0.05, 0.1) is 7.11 Å². The molecule has 0 unspecified atom stereocenters. The van der Waals surface area contributed by atoms with Gasteiger partial charge in [0, 0.05) is 10.6 Å². The molecular formula is C15H13ClNO2. The fourth-order valence-electron chi connectivity index (χ4n) is 1.44. The molecule has 0 N–H and O–H groups in total. The van der Waals surface area contributed by atoms with Crippen LogP contribution in [-0.2, 0) is 11.4 Å². The molecule has 0 amide bonds. The molecule has 19 heavy (non-hydrogen) atoms. The Morgan fingerprint density at radius 1 is 1.05 bits per heavy atom. The third-order valence-electron chi connectivity index (χ3n) is 2.47. The zero-order chi connectivity index (χ0) is 13.5. The first-order valence-corrected chi connectivity index (χ1v) is 6.12. The Bertz CT molecular complexity index is 535. The van der Waals surface area contributed by atoms with E-state index in [0.29, 0.717) is 11.6 Å². The Kier molecular flexibility index (Phi) is 4.81. The van der Waals surface area contributed by atoms with Crippen LogP contribution in [0.15, 0.2) is 53.7 Å². The number of nitrogens with zero attached hydrogens (tertiary/aromatic N) is 1. The molecule has 0 atom stereocenters. The molecule has 2 aromatic carbocycles. The van der Waals surface area contributed by atoms with E-state index >= 15 is 0 Å². The Morgan fingerprint density at radius 3 is 2.37 bits per heavy atom. The second-order valence-corrected chi connectivity index (χ2v) is 4.27. The van der Waals surface area contributed by atoms with E-state index in [0.717, 1.165) is 16.9 Å². The van der Waals surface area contributed by atoms with Crippen molar-refractivity contribution in [1.82, 2.24) is 0 Å². The van der Waals surface area contributed by atoms with Crippen molar-refractivity contribution in [3.8, 4) is 5.75 Å². The molecule has 0 heterocycles. The normalized spacial score (nSPS) is 10.6. The van der Waals surface area contributed by atoms with Crippen LogP contribution in [-0.4, -0.2) is 13.3 Å². The minimum atomic E-state index is 0.389. The van der Waals surface area contributed by atoms with Crippen molar-refractivity contribution < 1.29 is 9.57 Å². The predicted octanol–water partition coefficient (Wildman–Crippen LogP) is 3.78. The van der Waals surface area contributed by atoms with Crippen LogP contribution in [0, 0.1) is 0 Å². The van der Waals surface area contributed by atoms with Crippen LogP contribution in [0.3, 0.4) is 0 Å². The van der Waals surface area contributed by atoms with Gasteiger partial charge in [0.2, 0.25) is 0 Å². The SMILES string of the molecule is COc1ccc(/[C]=N\OCc2ccc(Cl)cc2)cc1. The van der Waals surface area contributed by atoms with Crippen molar-refractivity contribution in [2.24, 2.45) is 5.16 Å². The maximum atomic E-state index is 5.79. The van der Waals surface area contributed by atoms with Crippen LogP contribution >= 0.6 is 11.6 Å². The van der Waals surface area contributed by atoms with Gasteiger partial charge in [-0.05, 0) is 42.0 Å². The molecular weight excluding hydrogens is 262 g/mol. The molecule has 0 aliphatic rings. The van der Waals surface area contributed by atoms with Crippen LogP contribution in [0.2, 0.25) is 5.02 Å². The summed E-state index contributed by atoms with van der Waals surface area (Å²) < 4.78 is 5.06. The summed E-state index contributed by atoms with van der Waals surface area (Å²) in [5.74, 6) is 0.799. The zero-order valence-electron chi connectivity index (χ0n) is 10.5. The smallest absolute Gasteiger partial charge is 0.142 e. The lowest BCUT2D eigenvalue weighted by Gasteiger charge is -2.00. The van der Waals surface area contributed by atoms with Crippen molar-refractivity contribution in [2.75, 3.05) is 7.11 Å². The largest absolute Gasteiger partial charge is 0.497 e. The fourth-order valence-corrected chi connectivity index (χ4v) is 1.56. The van der Waals surface area contributed by atoms with Crippen molar-refractivity contribution in [1.29, 1.82) is 0 Å². The third kappa shape index (κ3) is 4.30. The first-order chi connectivity index (χ1) is 9.28. The third-order valence-corrected chi connectivity index (χ3v) is 2.73. The van der Waals surface area contributed by atoms with Gasteiger partial charge >= 0.3 is 0 Å². The van der Waals surface area contributed by atoms with E-state index in [-0.39, 0.29) is 0 Å². The average Bonchev–Trinajstić information content (AvgIpc) is 2.46. The highest BCUT2D eigenvalue weighted by atomic mass is 35.5. The highest BCUT2D eigenvalue weighted by molar-refractivity contribution is 6.30. The molecule has 2 rings (SSSR count). The molecule has 97 valence electrons. The lowest BCUT2D eigenvalue weighted by molar-refractivity contribution is 0.132. The van der Waals surface area contributed by atoms with Gasteiger partial charge in [-0.3, -0.25) is 0 Å². The van der Waals surface area contributed by atoms with Gasteiger partial charge in [0.1, 0.15) is 18.6 Å². The molecule has 0 saturated heterocycles. The monoisotopic (exact) mass is 274 g/mol. The van der Waals surface area contributed by atoms with Crippen LogP contribution in [0.5, 0.6) is 5.75 Å². The van der Waals surface area contributed by atoms with Crippen LogP contribution in [0.4, 0.5) is 0 Å². The van der Waals surface area contributed by atoms with Crippen LogP contribution < -0.4 is 4.74 Å². The van der Waals surface area contributed by atoms with Crippen molar-refractivity contribution in [3.63, 3.8) is 0 Å². The fraction of sp³-hybridized carbons (Fsp3) is 0.133. The quantitative estimate of drug-likeness (QED) is 0.614. The summed E-state index contributed by atoms with van der Waals surface area (Å²) in [5, 5.41) is 4.50. The molecule has 3 nitrogen and oxygen atoms in total. The molecule has 0 spiro atoms. The maximum Gasteiger partial charge on any atom is 0.142 e. The van der Waals surface area contributed by atoms with Crippen LogP contribution in [0.25, 0.3) is 0 Å². The van der Waals surface area contributed by atoms with E-state index < -0.39 is 0 Å². The first-order valence-electron chi connectivity index (χ1n) is 5.74. The number of hydrogen-bond acceptors (Lipinski definition) is 3. The van der Waals surface area contributed by atoms with E-state index in [1.165, 1.54) is 0 Å². The van der Waals surface area contributed by atoms with Gasteiger partial charge in [0.25, 0.3) is 0 Å². The second kappa shape index (κ2) is 6.81. The van der Waals surface area contributed by atoms with Crippen molar-refractivity contribution >= 4 is 17.8 Å². The average molecular weight is 275 g/mol. The molecule has 0 fully saturated rings. The molecule has 1 radical (unpaired) electrons. The number of methoxy groups -OCH3 is 1. The topological polar surface area (TPSA) is 30.8 Å². The Labute approximate surface area is 117 Å². The standard InChI is InChI=1S/C15H13ClNO2/c1-18-15-8-4-12(5-9-15)10-17-19-11-13-2-6-14(16)7-3-13/h2-9H,11H2,1H3. The second-order valence-electron chi connectivity index (χ2n) is 3.83. The lowest BCUT2D eigenvalue weighted by atomic mass is 10.2. The summed E-state index contributed by atoms with van der Waals surface area (Å²) in [7, 11) is 1.63. The van der Waals surface area contributed by atoms with E-state index in [2.05, 4.69) is 11.4 Å². The molecule has 0 bridgehead atoms. The molecule has 0 aromatic heterocycles. The van der Waals surface area contributed by atoms with E-state index in [1.54, 1.807) is 7.11 Å². The molecule has 0 saturated carbocycles. The van der Waals surface area contributed by atoms with E-state index in [1.807, 2.05) is 48.5 Å². The molecule has 2 aromatic rings. The van der Waals surface area contributed by atoms with E-state index in [9.17, 15) is 0 Å². The minimum Gasteiger partial charge on any atom is -0.497 e. The summed E-state index contributed by atoms with van der Waals surface area (Å²) in [6, 6.07) is 14.8. The zero-order valence-corrected chi connectivity index (χ0v) is 11.2. The number of rotatable bonds is 5. The van der Waals surface area contributed by atoms with Gasteiger partial charge in [-0.2, -0.15) is 0 Å². The van der Waals surface area contributed by atoms with Crippen LogP contribution in [0.1, 0.15) is 11.1 Å². The maximum absolute atomic E-state index is 5.79. The predicted molar refractivity (Wildman–Crippen MR) is 75.8 cm³/mol. The number of benzene rings is 2. The van der Waals surface area contributed by atoms with Crippen molar-refractivity contribution in [3.05, 3.63) is 64.7 Å². The number of halogens is 1. The van der Waals surface area contributed by atoms with Gasteiger partial charge in [-0.15, -0.1) is 0 Å². The Balaban J connectivity index is 1.84. The molecule has 0 aliphatic carbocycles. The Morgan fingerprint density at radius 2 is 1.74 bits per heavy atom. The highest BCUT2D eigenvalue weighted by Crippen LogP contribution is 2.11.